The van der Waals surface area contributed by atoms with Crippen LogP contribution in [-0.4, -0.2) is 46.7 Å². The fraction of sp³-hybridized carbons (Fsp3) is 0.571. The molecule has 1 aliphatic carbocycles. The highest BCUT2D eigenvalue weighted by Gasteiger charge is 2.45. The SMILES string of the molecule is C[C@@H](Nc1nnc([C@@H]2COc3ccccc3C2)o1)C(=O)N1CCC2(CC1)CC2. The minimum atomic E-state index is -0.384. The van der Waals surface area contributed by atoms with Crippen LogP contribution in [0.15, 0.2) is 28.7 Å². The van der Waals surface area contributed by atoms with Crippen molar-refractivity contribution >= 4 is 11.9 Å². The van der Waals surface area contributed by atoms with Gasteiger partial charge in [-0.1, -0.05) is 23.3 Å². The summed E-state index contributed by atoms with van der Waals surface area (Å²) in [5.74, 6) is 1.60. The van der Waals surface area contributed by atoms with Crippen molar-refractivity contribution in [2.75, 3.05) is 25.0 Å². The zero-order chi connectivity index (χ0) is 19.1. The van der Waals surface area contributed by atoms with Crippen LogP contribution in [0.5, 0.6) is 5.75 Å². The predicted octanol–water partition coefficient (Wildman–Crippen LogP) is 2.99. The summed E-state index contributed by atoms with van der Waals surface area (Å²) in [5.41, 5.74) is 1.71. The number of hydrogen-bond donors (Lipinski definition) is 1. The number of nitrogens with one attached hydrogen (secondary N) is 1. The molecule has 1 aromatic carbocycles. The highest BCUT2D eigenvalue weighted by Crippen LogP contribution is 2.53. The fourth-order valence-electron chi connectivity index (χ4n) is 4.34. The number of rotatable bonds is 4. The van der Waals surface area contributed by atoms with Gasteiger partial charge in [0.1, 0.15) is 18.4 Å². The molecule has 5 rings (SSSR count). The molecule has 2 aromatic rings. The van der Waals surface area contributed by atoms with E-state index in [9.17, 15) is 4.79 Å². The minimum Gasteiger partial charge on any atom is -0.492 e. The van der Waals surface area contributed by atoms with Gasteiger partial charge in [0.05, 0.1) is 5.92 Å². The van der Waals surface area contributed by atoms with E-state index < -0.39 is 0 Å². The number of para-hydroxylation sites is 1. The Morgan fingerprint density at radius 3 is 2.79 bits per heavy atom. The van der Waals surface area contributed by atoms with Gasteiger partial charge in [0.15, 0.2) is 0 Å². The van der Waals surface area contributed by atoms with E-state index in [0.717, 1.165) is 43.7 Å². The van der Waals surface area contributed by atoms with E-state index in [1.165, 1.54) is 12.8 Å². The van der Waals surface area contributed by atoms with Crippen molar-refractivity contribution in [1.82, 2.24) is 15.1 Å². The standard InChI is InChI=1S/C21H26N4O3/c1-14(19(26)25-10-8-21(6-7-21)9-11-25)22-20-24-23-18(28-20)16-12-15-4-2-3-5-17(15)27-13-16/h2-5,14,16H,6-13H2,1H3,(H,22,24)/t14-,16+/m1/s1. The number of carbonyl (C=O) groups is 1. The fourth-order valence-corrected chi connectivity index (χ4v) is 4.34. The van der Waals surface area contributed by atoms with Gasteiger partial charge < -0.3 is 19.4 Å². The van der Waals surface area contributed by atoms with Crippen molar-refractivity contribution < 1.29 is 13.9 Å². The lowest BCUT2D eigenvalue weighted by atomic mass is 9.93. The normalized spacial score (nSPS) is 23.6. The number of aromatic nitrogens is 2. The van der Waals surface area contributed by atoms with E-state index in [1.807, 2.05) is 30.0 Å². The van der Waals surface area contributed by atoms with E-state index in [0.29, 0.717) is 23.9 Å². The van der Waals surface area contributed by atoms with Gasteiger partial charge in [0.2, 0.25) is 11.8 Å². The van der Waals surface area contributed by atoms with Crippen molar-refractivity contribution in [2.45, 2.75) is 51.0 Å². The van der Waals surface area contributed by atoms with Crippen LogP contribution in [0.2, 0.25) is 0 Å². The summed E-state index contributed by atoms with van der Waals surface area (Å²) in [4.78, 5) is 14.7. The molecule has 3 aliphatic rings. The van der Waals surface area contributed by atoms with Gasteiger partial charge >= 0.3 is 6.01 Å². The van der Waals surface area contributed by atoms with Crippen molar-refractivity contribution in [1.29, 1.82) is 0 Å². The summed E-state index contributed by atoms with van der Waals surface area (Å²) >= 11 is 0. The Labute approximate surface area is 164 Å². The van der Waals surface area contributed by atoms with E-state index in [4.69, 9.17) is 9.15 Å². The summed E-state index contributed by atoms with van der Waals surface area (Å²) in [7, 11) is 0. The van der Waals surface area contributed by atoms with Gasteiger partial charge in [-0.15, -0.1) is 5.10 Å². The van der Waals surface area contributed by atoms with Crippen LogP contribution < -0.4 is 10.1 Å². The largest absolute Gasteiger partial charge is 0.492 e. The monoisotopic (exact) mass is 382 g/mol. The third kappa shape index (κ3) is 3.34. The van der Waals surface area contributed by atoms with Crippen LogP contribution in [0.1, 0.15) is 50.0 Å². The van der Waals surface area contributed by atoms with E-state index in [-0.39, 0.29) is 17.9 Å². The van der Waals surface area contributed by atoms with Gasteiger partial charge in [-0.25, -0.2) is 0 Å². The topological polar surface area (TPSA) is 80.5 Å². The molecule has 0 radical (unpaired) electrons. The molecule has 2 fully saturated rings. The third-order valence-electron chi connectivity index (χ3n) is 6.47. The molecule has 2 aliphatic heterocycles. The maximum atomic E-state index is 12.7. The Morgan fingerprint density at radius 1 is 1.21 bits per heavy atom. The maximum Gasteiger partial charge on any atom is 0.316 e. The van der Waals surface area contributed by atoms with Crippen LogP contribution in [-0.2, 0) is 11.2 Å². The second-order valence-electron chi connectivity index (χ2n) is 8.46. The molecule has 1 amide bonds. The quantitative estimate of drug-likeness (QED) is 0.876. The van der Waals surface area contributed by atoms with E-state index >= 15 is 0 Å². The molecule has 3 heterocycles. The first-order valence-corrected chi connectivity index (χ1v) is 10.2. The van der Waals surface area contributed by atoms with Crippen molar-refractivity contribution in [3.63, 3.8) is 0 Å². The number of amides is 1. The molecular weight excluding hydrogens is 356 g/mol. The van der Waals surface area contributed by atoms with Crippen LogP contribution in [0, 0.1) is 5.41 Å². The lowest BCUT2D eigenvalue weighted by Gasteiger charge is -2.33. The highest BCUT2D eigenvalue weighted by atomic mass is 16.5. The average Bonchev–Trinajstić information content (AvgIpc) is 3.31. The zero-order valence-electron chi connectivity index (χ0n) is 16.2. The molecule has 0 unspecified atom stereocenters. The van der Waals surface area contributed by atoms with Crippen molar-refractivity contribution in [3.8, 4) is 5.75 Å². The van der Waals surface area contributed by atoms with E-state index in [1.54, 1.807) is 0 Å². The molecule has 7 heteroatoms. The molecule has 1 aromatic heterocycles. The first kappa shape index (κ1) is 17.5. The van der Waals surface area contributed by atoms with Gasteiger partial charge in [0.25, 0.3) is 0 Å². The van der Waals surface area contributed by atoms with Crippen molar-refractivity contribution in [3.05, 3.63) is 35.7 Å². The predicted molar refractivity (Wildman–Crippen MR) is 103 cm³/mol. The molecule has 1 saturated heterocycles. The van der Waals surface area contributed by atoms with Crippen LogP contribution in [0.3, 0.4) is 0 Å². The molecule has 1 spiro atoms. The molecule has 148 valence electrons. The number of anilines is 1. The number of ether oxygens (including phenoxy) is 1. The van der Waals surface area contributed by atoms with Gasteiger partial charge in [-0.05, 0) is 56.1 Å². The Morgan fingerprint density at radius 2 is 2.00 bits per heavy atom. The van der Waals surface area contributed by atoms with Gasteiger partial charge in [-0.2, -0.15) is 0 Å². The summed E-state index contributed by atoms with van der Waals surface area (Å²) in [6.45, 7) is 4.09. The second kappa shape index (κ2) is 6.79. The first-order chi connectivity index (χ1) is 13.6. The molecule has 28 heavy (non-hydrogen) atoms. The summed E-state index contributed by atoms with van der Waals surface area (Å²) in [6.07, 6.45) is 5.76. The number of piperidine rings is 1. The Kier molecular flexibility index (Phi) is 4.25. The molecule has 0 bridgehead atoms. The van der Waals surface area contributed by atoms with E-state index in [2.05, 4.69) is 21.6 Å². The van der Waals surface area contributed by atoms with Crippen LogP contribution >= 0.6 is 0 Å². The number of fused-ring (bicyclic) bond motifs is 1. The molecular formula is C21H26N4O3. The lowest BCUT2D eigenvalue weighted by Crippen LogP contribution is -2.45. The zero-order valence-corrected chi connectivity index (χ0v) is 16.2. The van der Waals surface area contributed by atoms with Gasteiger partial charge in [0, 0.05) is 13.1 Å². The number of hydrogen-bond acceptors (Lipinski definition) is 6. The molecule has 1 saturated carbocycles. The minimum absolute atomic E-state index is 0.0285. The molecule has 2 atom stereocenters. The molecule has 7 nitrogen and oxygen atoms in total. The van der Waals surface area contributed by atoms with Crippen LogP contribution in [0.4, 0.5) is 6.01 Å². The summed E-state index contributed by atoms with van der Waals surface area (Å²) in [6, 6.07) is 7.92. The maximum absolute atomic E-state index is 12.7. The van der Waals surface area contributed by atoms with Gasteiger partial charge in [-0.3, -0.25) is 4.79 Å². The molecule has 1 N–H and O–H groups in total. The first-order valence-electron chi connectivity index (χ1n) is 10.2. The summed E-state index contributed by atoms with van der Waals surface area (Å²) in [5, 5.41) is 11.4. The number of nitrogens with zero attached hydrogens (tertiary/aromatic N) is 3. The Bertz CT molecular complexity index is 866. The Hall–Kier alpha value is -2.57. The highest BCUT2D eigenvalue weighted by molar-refractivity contribution is 5.83. The second-order valence-corrected chi connectivity index (χ2v) is 8.46. The number of likely N-dealkylation sites (tertiary alicyclic amines) is 1. The number of benzene rings is 1. The third-order valence-corrected chi connectivity index (χ3v) is 6.47. The summed E-state index contributed by atoms with van der Waals surface area (Å²) < 4.78 is 11.6. The average molecular weight is 382 g/mol. The van der Waals surface area contributed by atoms with Crippen LogP contribution in [0.25, 0.3) is 0 Å². The smallest absolute Gasteiger partial charge is 0.316 e. The van der Waals surface area contributed by atoms with Crippen molar-refractivity contribution in [2.24, 2.45) is 5.41 Å². The Balaban J connectivity index is 1.19. The lowest BCUT2D eigenvalue weighted by molar-refractivity contribution is -0.133. The number of carbonyl (C=O) groups excluding carboxylic acids is 1.